The fraction of sp³-hybridized carbons (Fsp3) is 0.292. The molecule has 0 spiro atoms. The van der Waals surface area contributed by atoms with Crippen LogP contribution in [0.15, 0.2) is 49.1 Å². The van der Waals surface area contributed by atoms with E-state index in [0.29, 0.717) is 39.8 Å². The molecule has 34 heavy (non-hydrogen) atoms. The van der Waals surface area contributed by atoms with Gasteiger partial charge in [0.15, 0.2) is 5.82 Å². The van der Waals surface area contributed by atoms with Gasteiger partial charge in [-0.15, -0.1) is 5.10 Å². The molecule has 0 fully saturated rings. The zero-order valence-corrected chi connectivity index (χ0v) is 19.7. The Morgan fingerprint density at radius 3 is 2.56 bits per heavy atom. The standard InChI is InChI=1S/C24H26N8O2/c1-14(2)23-29-30-31-32(23)17-10-18(20-7-6-15(3)12-27-20)22(34-5)19(11-17)24(33)28-16(4)21-13-25-8-9-26-21/h6-14,16H,1-5H3,(H,28,33). The van der Waals surface area contributed by atoms with E-state index in [4.69, 9.17) is 4.74 Å². The second-order valence-electron chi connectivity index (χ2n) is 8.22. The number of tetrazole rings is 1. The number of hydrogen-bond acceptors (Lipinski definition) is 8. The first-order valence-electron chi connectivity index (χ1n) is 10.9. The lowest BCUT2D eigenvalue weighted by Gasteiger charge is -2.18. The predicted molar refractivity (Wildman–Crippen MR) is 126 cm³/mol. The van der Waals surface area contributed by atoms with Crippen molar-refractivity contribution in [2.75, 3.05) is 7.11 Å². The molecule has 0 radical (unpaired) electrons. The minimum Gasteiger partial charge on any atom is -0.495 e. The number of ether oxygens (including phenoxy) is 1. The lowest BCUT2D eigenvalue weighted by Crippen LogP contribution is -2.28. The van der Waals surface area contributed by atoms with E-state index in [1.807, 2.05) is 45.9 Å². The molecular weight excluding hydrogens is 432 g/mol. The third-order valence-electron chi connectivity index (χ3n) is 5.34. The summed E-state index contributed by atoms with van der Waals surface area (Å²) in [6.07, 6.45) is 6.57. The maximum Gasteiger partial charge on any atom is 0.255 e. The Hall–Kier alpha value is -4.21. The summed E-state index contributed by atoms with van der Waals surface area (Å²) in [5.41, 5.74) is 3.95. The lowest BCUT2D eigenvalue weighted by molar-refractivity contribution is 0.0936. The Morgan fingerprint density at radius 2 is 1.91 bits per heavy atom. The summed E-state index contributed by atoms with van der Waals surface area (Å²) in [6, 6.07) is 7.08. The van der Waals surface area contributed by atoms with Gasteiger partial charge in [-0.25, -0.2) is 0 Å². The maximum absolute atomic E-state index is 13.5. The minimum atomic E-state index is -0.366. The van der Waals surface area contributed by atoms with Gasteiger partial charge in [0.1, 0.15) is 5.75 Å². The molecule has 0 aliphatic carbocycles. The number of carbonyl (C=O) groups is 1. The van der Waals surface area contributed by atoms with Gasteiger partial charge in [0.25, 0.3) is 5.91 Å². The Kier molecular flexibility index (Phi) is 6.58. The maximum atomic E-state index is 13.5. The van der Waals surface area contributed by atoms with Crippen LogP contribution in [0.2, 0.25) is 0 Å². The van der Waals surface area contributed by atoms with E-state index in [-0.39, 0.29) is 17.9 Å². The molecular formula is C24H26N8O2. The van der Waals surface area contributed by atoms with Crippen LogP contribution in [0.25, 0.3) is 16.9 Å². The zero-order valence-electron chi connectivity index (χ0n) is 19.7. The van der Waals surface area contributed by atoms with Crippen LogP contribution in [0.1, 0.15) is 60.2 Å². The molecule has 0 aliphatic rings. The normalized spacial score (nSPS) is 11.9. The van der Waals surface area contributed by atoms with Gasteiger partial charge in [-0.1, -0.05) is 19.9 Å². The van der Waals surface area contributed by atoms with E-state index >= 15 is 0 Å². The fourth-order valence-electron chi connectivity index (χ4n) is 3.56. The van der Waals surface area contributed by atoms with Crippen LogP contribution in [0.4, 0.5) is 0 Å². The molecule has 174 valence electrons. The second-order valence-corrected chi connectivity index (χ2v) is 8.22. The van der Waals surface area contributed by atoms with Gasteiger partial charge in [0.2, 0.25) is 0 Å². The van der Waals surface area contributed by atoms with E-state index < -0.39 is 0 Å². The molecule has 1 amide bonds. The molecule has 0 saturated carbocycles. The number of carbonyl (C=O) groups excluding carboxylic acids is 1. The van der Waals surface area contributed by atoms with Crippen molar-refractivity contribution < 1.29 is 9.53 Å². The number of aryl methyl sites for hydroxylation is 1. The third-order valence-corrected chi connectivity index (χ3v) is 5.34. The lowest BCUT2D eigenvalue weighted by atomic mass is 10.0. The smallest absolute Gasteiger partial charge is 0.255 e. The number of benzene rings is 1. The van der Waals surface area contributed by atoms with Crippen molar-refractivity contribution in [3.8, 4) is 22.7 Å². The average Bonchev–Trinajstić information content (AvgIpc) is 3.34. The number of aromatic nitrogens is 7. The first kappa shape index (κ1) is 23.0. The van der Waals surface area contributed by atoms with Crippen LogP contribution in [0, 0.1) is 6.92 Å². The summed E-state index contributed by atoms with van der Waals surface area (Å²) < 4.78 is 7.36. The van der Waals surface area contributed by atoms with Crippen LogP contribution in [-0.2, 0) is 0 Å². The highest BCUT2D eigenvalue weighted by molar-refractivity contribution is 6.00. The largest absolute Gasteiger partial charge is 0.495 e. The molecule has 0 saturated heterocycles. The van der Waals surface area contributed by atoms with Crippen molar-refractivity contribution in [2.45, 2.75) is 39.7 Å². The molecule has 1 atom stereocenters. The molecule has 4 aromatic rings. The molecule has 10 heteroatoms. The molecule has 1 N–H and O–H groups in total. The van der Waals surface area contributed by atoms with Crippen molar-refractivity contribution in [1.82, 2.24) is 40.5 Å². The van der Waals surface area contributed by atoms with Crippen LogP contribution >= 0.6 is 0 Å². The zero-order chi connectivity index (χ0) is 24.2. The number of amides is 1. The predicted octanol–water partition coefficient (Wildman–Crippen LogP) is 3.45. The van der Waals surface area contributed by atoms with Crippen LogP contribution in [0.5, 0.6) is 5.75 Å². The molecule has 10 nitrogen and oxygen atoms in total. The summed E-state index contributed by atoms with van der Waals surface area (Å²) >= 11 is 0. The van der Waals surface area contributed by atoms with E-state index in [1.165, 1.54) is 7.11 Å². The van der Waals surface area contributed by atoms with E-state index in [1.54, 1.807) is 35.5 Å². The number of nitrogens with zero attached hydrogens (tertiary/aromatic N) is 7. The molecule has 1 unspecified atom stereocenters. The molecule has 0 bridgehead atoms. The van der Waals surface area contributed by atoms with Crippen LogP contribution in [0.3, 0.4) is 0 Å². The van der Waals surface area contributed by atoms with Gasteiger partial charge in [-0.05, 0) is 48.0 Å². The van der Waals surface area contributed by atoms with Gasteiger partial charge >= 0.3 is 0 Å². The number of rotatable bonds is 7. The Labute approximate surface area is 197 Å². The average molecular weight is 459 g/mol. The van der Waals surface area contributed by atoms with Crippen molar-refractivity contribution in [2.24, 2.45) is 0 Å². The minimum absolute atomic E-state index is 0.0759. The number of methoxy groups -OCH3 is 1. The van der Waals surface area contributed by atoms with Crippen molar-refractivity contribution in [1.29, 1.82) is 0 Å². The van der Waals surface area contributed by atoms with Gasteiger partial charge in [0.05, 0.1) is 42.0 Å². The molecule has 3 heterocycles. The first-order chi connectivity index (χ1) is 16.4. The Bertz CT molecular complexity index is 1290. The van der Waals surface area contributed by atoms with E-state index in [0.717, 1.165) is 5.56 Å². The van der Waals surface area contributed by atoms with Gasteiger partial charge < -0.3 is 10.1 Å². The number of hydrogen-bond donors (Lipinski definition) is 1. The van der Waals surface area contributed by atoms with Crippen molar-refractivity contribution in [3.63, 3.8) is 0 Å². The van der Waals surface area contributed by atoms with Crippen LogP contribution < -0.4 is 10.1 Å². The van der Waals surface area contributed by atoms with Crippen LogP contribution in [-0.4, -0.2) is 48.2 Å². The molecule has 3 aromatic heterocycles. The summed E-state index contributed by atoms with van der Waals surface area (Å²) in [5.74, 6) is 0.826. The quantitative estimate of drug-likeness (QED) is 0.447. The highest BCUT2D eigenvalue weighted by atomic mass is 16.5. The number of nitrogens with one attached hydrogen (secondary N) is 1. The van der Waals surface area contributed by atoms with Gasteiger partial charge in [-0.2, -0.15) is 4.68 Å². The molecule has 0 aliphatic heterocycles. The third kappa shape index (κ3) is 4.61. The first-order valence-corrected chi connectivity index (χ1v) is 10.9. The molecule has 1 aromatic carbocycles. The summed E-state index contributed by atoms with van der Waals surface area (Å²) in [4.78, 5) is 26.4. The van der Waals surface area contributed by atoms with E-state index in [9.17, 15) is 4.79 Å². The number of pyridine rings is 1. The monoisotopic (exact) mass is 458 g/mol. The van der Waals surface area contributed by atoms with Gasteiger partial charge in [-0.3, -0.25) is 19.7 Å². The second kappa shape index (κ2) is 9.74. The Morgan fingerprint density at radius 1 is 1.09 bits per heavy atom. The van der Waals surface area contributed by atoms with Crippen molar-refractivity contribution >= 4 is 5.91 Å². The SMILES string of the molecule is COc1c(C(=O)NC(C)c2cnccn2)cc(-n2nnnc2C(C)C)cc1-c1ccc(C)cn1. The summed E-state index contributed by atoms with van der Waals surface area (Å²) in [6.45, 7) is 7.82. The topological polar surface area (TPSA) is 121 Å². The van der Waals surface area contributed by atoms with Crippen molar-refractivity contribution in [3.05, 3.63) is 71.7 Å². The summed E-state index contributed by atoms with van der Waals surface area (Å²) in [5, 5.41) is 15.1. The van der Waals surface area contributed by atoms with Gasteiger partial charge in [0, 0.05) is 30.1 Å². The Balaban J connectivity index is 1.85. The summed E-state index contributed by atoms with van der Waals surface area (Å²) in [7, 11) is 1.53. The highest BCUT2D eigenvalue weighted by Crippen LogP contribution is 2.35. The van der Waals surface area contributed by atoms with E-state index in [2.05, 4.69) is 35.8 Å². The highest BCUT2D eigenvalue weighted by Gasteiger charge is 2.24. The fourth-order valence-corrected chi connectivity index (χ4v) is 3.56. The molecule has 4 rings (SSSR count).